The Morgan fingerprint density at radius 2 is 1.87 bits per heavy atom. The van der Waals surface area contributed by atoms with Crippen molar-refractivity contribution in [2.45, 2.75) is 30.7 Å². The third-order valence-corrected chi connectivity index (χ3v) is 3.55. The second-order valence-corrected chi connectivity index (χ2v) is 5.05. The number of methoxy groups -OCH3 is 2. The van der Waals surface area contributed by atoms with Crippen LogP contribution in [-0.2, 0) is 14.2 Å². The van der Waals surface area contributed by atoms with E-state index in [0.29, 0.717) is 5.75 Å². The van der Waals surface area contributed by atoms with E-state index in [0.717, 1.165) is 0 Å². The largest absolute Gasteiger partial charge is 0.462 e. The van der Waals surface area contributed by atoms with E-state index in [2.05, 4.69) is 0 Å². The summed E-state index contributed by atoms with van der Waals surface area (Å²) in [5.74, 6) is 0.308. The molecule has 0 saturated carbocycles. The highest BCUT2D eigenvalue weighted by Gasteiger charge is 2.46. The number of aliphatic hydroxyl groups excluding tert-OH is 2. The van der Waals surface area contributed by atoms with Crippen molar-refractivity contribution in [2.24, 2.45) is 0 Å². The third kappa shape index (κ3) is 3.95. The van der Waals surface area contributed by atoms with Gasteiger partial charge in [-0.05, 0) is 12.1 Å². The maximum atomic E-state index is 10.6. The molecule has 23 heavy (non-hydrogen) atoms. The predicted octanol–water partition coefficient (Wildman–Crippen LogP) is 0.0817. The summed E-state index contributed by atoms with van der Waals surface area (Å²) in [6, 6.07) is 5.41. The number of nitro groups is 1. The highest BCUT2D eigenvalue weighted by Crippen LogP contribution is 2.27. The van der Waals surface area contributed by atoms with Gasteiger partial charge in [-0.1, -0.05) is 0 Å². The van der Waals surface area contributed by atoms with Crippen LogP contribution in [0.5, 0.6) is 5.75 Å². The number of ether oxygens (including phenoxy) is 4. The first-order chi connectivity index (χ1) is 11.0. The van der Waals surface area contributed by atoms with Crippen LogP contribution in [0.4, 0.5) is 5.69 Å². The molecule has 1 heterocycles. The smallest absolute Gasteiger partial charge is 0.269 e. The molecule has 1 aliphatic rings. The topological polar surface area (TPSA) is 121 Å². The lowest BCUT2D eigenvalue weighted by atomic mass is 9.99. The van der Waals surface area contributed by atoms with Crippen molar-refractivity contribution in [3.05, 3.63) is 34.4 Å². The molecule has 0 unspecified atom stereocenters. The van der Waals surface area contributed by atoms with Crippen molar-refractivity contribution in [3.63, 3.8) is 0 Å². The Morgan fingerprint density at radius 3 is 2.39 bits per heavy atom. The molecule has 1 aliphatic heterocycles. The van der Waals surface area contributed by atoms with Gasteiger partial charge in [0.2, 0.25) is 6.29 Å². The molecule has 9 nitrogen and oxygen atoms in total. The number of benzene rings is 1. The first kappa shape index (κ1) is 17.6. The summed E-state index contributed by atoms with van der Waals surface area (Å²) in [5, 5.41) is 30.7. The fraction of sp³-hybridized carbons (Fsp3) is 0.571. The predicted molar refractivity (Wildman–Crippen MR) is 77.1 cm³/mol. The van der Waals surface area contributed by atoms with E-state index in [1.165, 1.54) is 38.5 Å². The molecular weight excluding hydrogens is 310 g/mol. The lowest BCUT2D eigenvalue weighted by molar-refractivity contribution is -0.384. The van der Waals surface area contributed by atoms with Gasteiger partial charge in [-0.25, -0.2) is 0 Å². The Labute approximate surface area is 132 Å². The SMILES string of the molecule is COC[C@H]1O[C@H](Oc2ccc([N+](=O)[O-])cc2)[C@H](OC)[C@@H](O)[C@H]1O. The van der Waals surface area contributed by atoms with Crippen LogP contribution in [0.25, 0.3) is 0 Å². The van der Waals surface area contributed by atoms with Gasteiger partial charge in [0.15, 0.2) is 0 Å². The van der Waals surface area contributed by atoms with Gasteiger partial charge < -0.3 is 29.2 Å². The summed E-state index contributed by atoms with van der Waals surface area (Å²) in [5.41, 5.74) is -0.0714. The van der Waals surface area contributed by atoms with E-state index in [9.17, 15) is 20.3 Å². The fourth-order valence-corrected chi connectivity index (χ4v) is 2.33. The molecule has 2 rings (SSSR count). The van der Waals surface area contributed by atoms with E-state index >= 15 is 0 Å². The van der Waals surface area contributed by atoms with Crippen molar-refractivity contribution >= 4 is 5.69 Å². The van der Waals surface area contributed by atoms with Crippen LogP contribution >= 0.6 is 0 Å². The first-order valence-corrected chi connectivity index (χ1v) is 6.92. The van der Waals surface area contributed by atoms with Crippen molar-refractivity contribution < 1.29 is 34.1 Å². The Balaban J connectivity index is 2.13. The number of non-ortho nitro benzene ring substituents is 1. The normalized spacial score (nSPS) is 30.9. The standard InChI is InChI=1S/C14H19NO8/c1-20-7-10-11(16)12(17)13(21-2)14(23-10)22-9-5-3-8(4-6-9)15(18)19/h3-6,10-14,16-17H,7H2,1-2H3/t10-,11+,12+,13-,14+/m1/s1. The summed E-state index contributed by atoms with van der Waals surface area (Å²) in [4.78, 5) is 10.1. The average Bonchev–Trinajstić information content (AvgIpc) is 2.53. The summed E-state index contributed by atoms with van der Waals surface area (Å²) >= 11 is 0. The molecule has 0 aromatic heterocycles. The minimum atomic E-state index is -1.23. The van der Waals surface area contributed by atoms with E-state index in [-0.39, 0.29) is 12.3 Å². The molecule has 0 radical (unpaired) electrons. The van der Waals surface area contributed by atoms with Gasteiger partial charge in [0.25, 0.3) is 5.69 Å². The zero-order valence-corrected chi connectivity index (χ0v) is 12.7. The number of aliphatic hydroxyl groups is 2. The summed E-state index contributed by atoms with van der Waals surface area (Å²) in [6.45, 7) is 0.0643. The molecule has 128 valence electrons. The van der Waals surface area contributed by atoms with Gasteiger partial charge in [0.1, 0.15) is 30.2 Å². The quantitative estimate of drug-likeness (QED) is 0.556. The van der Waals surface area contributed by atoms with E-state index < -0.39 is 35.6 Å². The molecule has 0 amide bonds. The van der Waals surface area contributed by atoms with Crippen LogP contribution in [0.2, 0.25) is 0 Å². The number of hydrogen-bond donors (Lipinski definition) is 2. The number of rotatable bonds is 6. The van der Waals surface area contributed by atoms with Crippen molar-refractivity contribution in [2.75, 3.05) is 20.8 Å². The average molecular weight is 329 g/mol. The van der Waals surface area contributed by atoms with Crippen LogP contribution in [0.3, 0.4) is 0 Å². The van der Waals surface area contributed by atoms with Gasteiger partial charge in [0.05, 0.1) is 11.5 Å². The molecule has 0 spiro atoms. The number of nitro benzene ring substituents is 1. The molecule has 0 bridgehead atoms. The molecule has 2 N–H and O–H groups in total. The monoisotopic (exact) mass is 329 g/mol. The van der Waals surface area contributed by atoms with E-state index in [1.54, 1.807) is 0 Å². The zero-order valence-electron chi connectivity index (χ0n) is 12.7. The van der Waals surface area contributed by atoms with Crippen molar-refractivity contribution in [1.29, 1.82) is 0 Å². The van der Waals surface area contributed by atoms with Gasteiger partial charge in [-0.2, -0.15) is 0 Å². The van der Waals surface area contributed by atoms with E-state index in [1.807, 2.05) is 0 Å². The molecule has 1 aromatic rings. The minimum Gasteiger partial charge on any atom is -0.462 e. The highest BCUT2D eigenvalue weighted by molar-refractivity contribution is 5.36. The molecule has 9 heteroatoms. The Kier molecular flexibility index (Phi) is 5.85. The van der Waals surface area contributed by atoms with Crippen molar-refractivity contribution in [1.82, 2.24) is 0 Å². The molecule has 1 fully saturated rings. The van der Waals surface area contributed by atoms with Crippen LogP contribution in [-0.4, -0.2) is 66.7 Å². The second kappa shape index (κ2) is 7.66. The maximum Gasteiger partial charge on any atom is 0.269 e. The summed E-state index contributed by atoms with van der Waals surface area (Å²) in [6.07, 6.45) is -5.12. The number of nitrogens with zero attached hydrogens (tertiary/aromatic N) is 1. The second-order valence-electron chi connectivity index (χ2n) is 5.05. The van der Waals surface area contributed by atoms with Crippen LogP contribution in [0, 0.1) is 10.1 Å². The number of hydrogen-bond acceptors (Lipinski definition) is 8. The summed E-state index contributed by atoms with van der Waals surface area (Å²) < 4.78 is 21.3. The Hall–Kier alpha value is -1.78. The van der Waals surface area contributed by atoms with Crippen LogP contribution < -0.4 is 4.74 Å². The van der Waals surface area contributed by atoms with E-state index in [4.69, 9.17) is 18.9 Å². The first-order valence-electron chi connectivity index (χ1n) is 6.92. The molecular formula is C14H19NO8. The lowest BCUT2D eigenvalue weighted by Crippen LogP contribution is -2.60. The van der Waals surface area contributed by atoms with Gasteiger partial charge in [-0.3, -0.25) is 10.1 Å². The minimum absolute atomic E-state index is 0.0643. The lowest BCUT2D eigenvalue weighted by Gasteiger charge is -2.41. The Bertz CT molecular complexity index is 520. The zero-order chi connectivity index (χ0) is 17.0. The van der Waals surface area contributed by atoms with Gasteiger partial charge in [-0.15, -0.1) is 0 Å². The molecule has 1 aromatic carbocycles. The van der Waals surface area contributed by atoms with Crippen LogP contribution in [0.1, 0.15) is 0 Å². The summed E-state index contributed by atoms with van der Waals surface area (Å²) in [7, 11) is 2.80. The maximum absolute atomic E-state index is 10.6. The molecule has 0 aliphatic carbocycles. The third-order valence-electron chi connectivity index (χ3n) is 3.55. The fourth-order valence-electron chi connectivity index (χ4n) is 2.33. The van der Waals surface area contributed by atoms with Gasteiger partial charge >= 0.3 is 0 Å². The van der Waals surface area contributed by atoms with Crippen LogP contribution in [0.15, 0.2) is 24.3 Å². The highest BCUT2D eigenvalue weighted by atomic mass is 16.7. The van der Waals surface area contributed by atoms with Gasteiger partial charge in [0, 0.05) is 26.4 Å². The molecule has 5 atom stereocenters. The Morgan fingerprint density at radius 1 is 1.22 bits per heavy atom. The van der Waals surface area contributed by atoms with Crippen molar-refractivity contribution in [3.8, 4) is 5.75 Å². The molecule has 1 saturated heterocycles.